The topological polar surface area (TPSA) is 50.7 Å². The molecule has 112 valence electrons. The van der Waals surface area contributed by atoms with Crippen LogP contribution in [0.15, 0.2) is 42.5 Å². The maximum atomic E-state index is 13.2. The molecule has 0 aliphatic rings. The third kappa shape index (κ3) is 3.64. The van der Waals surface area contributed by atoms with Gasteiger partial charge < -0.3 is 19.9 Å². The van der Waals surface area contributed by atoms with Crippen molar-refractivity contribution in [3.05, 3.63) is 53.8 Å². The van der Waals surface area contributed by atoms with Crippen LogP contribution in [0.1, 0.15) is 11.6 Å². The Bertz CT molecular complexity index is 604. The Morgan fingerprint density at radius 2 is 1.95 bits per heavy atom. The van der Waals surface area contributed by atoms with Crippen molar-refractivity contribution in [3.8, 4) is 11.5 Å². The van der Waals surface area contributed by atoms with Crippen LogP contribution in [0.25, 0.3) is 0 Å². The molecule has 2 aromatic carbocycles. The first-order valence-electron chi connectivity index (χ1n) is 6.52. The Kier molecular flexibility index (Phi) is 5.00. The lowest BCUT2D eigenvalue weighted by molar-refractivity contribution is 0.272. The SMILES string of the molecule is COc1ccc(OC)c(C(CO)Nc2cccc(F)c2)c1. The Morgan fingerprint density at radius 1 is 1.14 bits per heavy atom. The molecule has 0 bridgehead atoms. The second-order valence-corrected chi connectivity index (χ2v) is 4.50. The second-order valence-electron chi connectivity index (χ2n) is 4.50. The van der Waals surface area contributed by atoms with Crippen LogP contribution in [0.4, 0.5) is 10.1 Å². The first-order valence-corrected chi connectivity index (χ1v) is 6.52. The molecule has 0 spiro atoms. The van der Waals surface area contributed by atoms with Crippen molar-refractivity contribution in [2.24, 2.45) is 0 Å². The average Bonchev–Trinajstić information content (AvgIpc) is 2.52. The summed E-state index contributed by atoms with van der Waals surface area (Å²) in [7, 11) is 3.13. The smallest absolute Gasteiger partial charge is 0.125 e. The highest BCUT2D eigenvalue weighted by Crippen LogP contribution is 2.31. The van der Waals surface area contributed by atoms with Gasteiger partial charge in [-0.1, -0.05) is 6.07 Å². The number of methoxy groups -OCH3 is 2. The summed E-state index contributed by atoms with van der Waals surface area (Å²) >= 11 is 0. The predicted molar refractivity (Wildman–Crippen MR) is 79.4 cm³/mol. The molecule has 0 heterocycles. The van der Waals surface area contributed by atoms with Gasteiger partial charge in [0.15, 0.2) is 0 Å². The van der Waals surface area contributed by atoms with Crippen LogP contribution in [0.5, 0.6) is 11.5 Å². The number of hydrogen-bond donors (Lipinski definition) is 2. The zero-order chi connectivity index (χ0) is 15.2. The van der Waals surface area contributed by atoms with Crippen molar-refractivity contribution < 1.29 is 19.0 Å². The van der Waals surface area contributed by atoms with Crippen molar-refractivity contribution in [1.29, 1.82) is 0 Å². The Hall–Kier alpha value is -2.27. The fraction of sp³-hybridized carbons (Fsp3) is 0.250. The monoisotopic (exact) mass is 291 g/mol. The highest BCUT2D eigenvalue weighted by Gasteiger charge is 2.16. The van der Waals surface area contributed by atoms with E-state index in [4.69, 9.17) is 9.47 Å². The molecule has 5 heteroatoms. The van der Waals surface area contributed by atoms with Crippen LogP contribution in [-0.2, 0) is 0 Å². The lowest BCUT2D eigenvalue weighted by Crippen LogP contribution is -2.16. The number of hydrogen-bond acceptors (Lipinski definition) is 4. The molecule has 0 aromatic heterocycles. The second kappa shape index (κ2) is 6.95. The van der Waals surface area contributed by atoms with Gasteiger partial charge in [-0.25, -0.2) is 4.39 Å². The number of halogens is 1. The summed E-state index contributed by atoms with van der Waals surface area (Å²) in [4.78, 5) is 0. The summed E-state index contributed by atoms with van der Waals surface area (Å²) in [6, 6.07) is 11.0. The van der Waals surface area contributed by atoms with Crippen LogP contribution in [0.2, 0.25) is 0 Å². The van der Waals surface area contributed by atoms with Gasteiger partial charge in [0.1, 0.15) is 17.3 Å². The van der Waals surface area contributed by atoms with Crippen LogP contribution < -0.4 is 14.8 Å². The van der Waals surface area contributed by atoms with Crippen molar-refractivity contribution in [2.75, 3.05) is 26.1 Å². The maximum absolute atomic E-state index is 13.2. The van der Waals surface area contributed by atoms with Gasteiger partial charge in [0, 0.05) is 11.3 Å². The van der Waals surface area contributed by atoms with Crippen molar-refractivity contribution in [3.63, 3.8) is 0 Å². The molecule has 4 nitrogen and oxygen atoms in total. The molecule has 21 heavy (non-hydrogen) atoms. The number of aliphatic hydroxyl groups is 1. The van der Waals surface area contributed by atoms with Crippen LogP contribution in [-0.4, -0.2) is 25.9 Å². The maximum Gasteiger partial charge on any atom is 0.125 e. The van der Waals surface area contributed by atoms with Gasteiger partial charge in [-0.3, -0.25) is 0 Å². The third-order valence-corrected chi connectivity index (χ3v) is 3.16. The molecule has 0 radical (unpaired) electrons. The van der Waals surface area contributed by atoms with Gasteiger partial charge in [-0.05, 0) is 36.4 Å². The van der Waals surface area contributed by atoms with E-state index in [0.29, 0.717) is 17.2 Å². The van der Waals surface area contributed by atoms with E-state index in [1.165, 1.54) is 12.1 Å². The number of rotatable bonds is 6. The van der Waals surface area contributed by atoms with E-state index < -0.39 is 6.04 Å². The van der Waals surface area contributed by atoms with E-state index >= 15 is 0 Å². The van der Waals surface area contributed by atoms with Crippen LogP contribution in [0.3, 0.4) is 0 Å². The minimum atomic E-state index is -0.433. The van der Waals surface area contributed by atoms with Crippen LogP contribution in [0, 0.1) is 5.82 Å². The number of benzene rings is 2. The molecule has 0 aliphatic heterocycles. The van der Waals surface area contributed by atoms with Crippen molar-refractivity contribution in [1.82, 2.24) is 0 Å². The molecule has 0 aliphatic carbocycles. The molecule has 2 N–H and O–H groups in total. The zero-order valence-electron chi connectivity index (χ0n) is 12.0. The van der Waals surface area contributed by atoms with Gasteiger partial charge >= 0.3 is 0 Å². The molecule has 0 amide bonds. The van der Waals surface area contributed by atoms with E-state index in [1.807, 2.05) is 0 Å². The fourth-order valence-corrected chi connectivity index (χ4v) is 2.11. The standard InChI is InChI=1S/C16H18FNO3/c1-20-13-6-7-16(21-2)14(9-13)15(10-19)18-12-5-3-4-11(17)8-12/h3-9,15,18-19H,10H2,1-2H3. The average molecular weight is 291 g/mol. The van der Waals surface area contributed by atoms with Crippen molar-refractivity contribution >= 4 is 5.69 Å². The molecule has 2 aromatic rings. The largest absolute Gasteiger partial charge is 0.497 e. The molecule has 0 saturated carbocycles. The third-order valence-electron chi connectivity index (χ3n) is 3.16. The van der Waals surface area contributed by atoms with Crippen molar-refractivity contribution in [2.45, 2.75) is 6.04 Å². The summed E-state index contributed by atoms with van der Waals surface area (Å²) in [5, 5.41) is 12.7. The minimum absolute atomic E-state index is 0.167. The number of nitrogens with one attached hydrogen (secondary N) is 1. The summed E-state index contributed by atoms with van der Waals surface area (Å²) in [6.45, 7) is -0.167. The highest BCUT2D eigenvalue weighted by atomic mass is 19.1. The summed E-state index contributed by atoms with van der Waals surface area (Å²) in [6.07, 6.45) is 0. The summed E-state index contributed by atoms with van der Waals surface area (Å²) in [5.74, 6) is 0.943. The van der Waals surface area contributed by atoms with Gasteiger partial charge in [0.25, 0.3) is 0 Å². The normalized spacial score (nSPS) is 11.8. The van der Waals surface area contributed by atoms with Crippen LogP contribution >= 0.6 is 0 Å². The quantitative estimate of drug-likeness (QED) is 0.859. The molecule has 0 fully saturated rings. The molecule has 0 saturated heterocycles. The lowest BCUT2D eigenvalue weighted by Gasteiger charge is -2.21. The molecule has 1 unspecified atom stereocenters. The Morgan fingerprint density at radius 3 is 2.57 bits per heavy atom. The first-order chi connectivity index (χ1) is 10.2. The van der Waals surface area contributed by atoms with E-state index in [0.717, 1.165) is 5.56 Å². The van der Waals surface area contributed by atoms with Gasteiger partial charge in [-0.15, -0.1) is 0 Å². The summed E-state index contributed by atoms with van der Waals surface area (Å²) < 4.78 is 23.7. The number of aliphatic hydroxyl groups excluding tert-OH is 1. The number of anilines is 1. The van der Waals surface area contributed by atoms with Gasteiger partial charge in [0.05, 0.1) is 26.9 Å². The lowest BCUT2D eigenvalue weighted by atomic mass is 10.1. The zero-order valence-corrected chi connectivity index (χ0v) is 12.0. The molecular weight excluding hydrogens is 273 g/mol. The highest BCUT2D eigenvalue weighted by molar-refractivity contribution is 5.50. The van der Waals surface area contributed by atoms with E-state index in [2.05, 4.69) is 5.32 Å². The van der Waals surface area contributed by atoms with E-state index in [9.17, 15) is 9.50 Å². The fourth-order valence-electron chi connectivity index (χ4n) is 2.11. The summed E-state index contributed by atoms with van der Waals surface area (Å²) in [5.41, 5.74) is 1.32. The first kappa shape index (κ1) is 15.1. The van der Waals surface area contributed by atoms with E-state index in [-0.39, 0.29) is 12.4 Å². The van der Waals surface area contributed by atoms with E-state index in [1.54, 1.807) is 44.6 Å². The minimum Gasteiger partial charge on any atom is -0.497 e. The number of ether oxygens (including phenoxy) is 2. The van der Waals surface area contributed by atoms with Gasteiger partial charge in [-0.2, -0.15) is 0 Å². The molecular formula is C16H18FNO3. The van der Waals surface area contributed by atoms with Gasteiger partial charge in [0.2, 0.25) is 0 Å². The Labute approximate surface area is 123 Å². The molecule has 1 atom stereocenters. The molecule has 2 rings (SSSR count). The predicted octanol–water partition coefficient (Wildman–Crippen LogP) is 2.99. The Balaban J connectivity index is 2.32.